The summed E-state index contributed by atoms with van der Waals surface area (Å²) in [4.78, 5) is 2.09. The lowest BCUT2D eigenvalue weighted by Gasteiger charge is -2.15. The van der Waals surface area contributed by atoms with E-state index in [1.807, 2.05) is 20.2 Å². The van der Waals surface area contributed by atoms with Crippen LogP contribution in [0, 0.1) is 3.57 Å². The van der Waals surface area contributed by atoms with Gasteiger partial charge >= 0.3 is 0 Å². The van der Waals surface area contributed by atoms with Gasteiger partial charge in [-0.05, 0) is 54.4 Å². The zero-order valence-electron chi connectivity index (χ0n) is 7.80. The fourth-order valence-electron chi connectivity index (χ4n) is 1.13. The monoisotopic (exact) mass is 309 g/mol. The number of hydrogen-bond donors (Lipinski definition) is 0. The van der Waals surface area contributed by atoms with Gasteiger partial charge in [0, 0.05) is 10.1 Å². The average molecular weight is 310 g/mol. The second-order valence-electron chi connectivity index (χ2n) is 3.28. The Kier molecular flexibility index (Phi) is 4.49. The van der Waals surface area contributed by atoms with Crippen molar-refractivity contribution in [2.24, 2.45) is 0 Å². The minimum absolute atomic E-state index is 0.0877. The number of rotatable bonds is 3. The third-order valence-corrected chi connectivity index (χ3v) is 2.80. The fraction of sp³-hybridized carbons (Fsp3) is 0.400. The first-order chi connectivity index (χ1) is 6.09. The number of benzene rings is 1. The number of alkyl halides is 1. The summed E-state index contributed by atoms with van der Waals surface area (Å²) in [5.74, 6) is 0. The summed E-state index contributed by atoms with van der Waals surface area (Å²) in [6.07, 6.45) is 0. The molecule has 0 fully saturated rings. The van der Waals surface area contributed by atoms with Crippen LogP contribution in [-0.2, 0) is 0 Å². The van der Waals surface area contributed by atoms with Gasteiger partial charge in [0.25, 0.3) is 0 Å². The number of halogens is 2. The van der Waals surface area contributed by atoms with E-state index < -0.39 is 0 Å². The lowest BCUT2D eigenvalue weighted by Crippen LogP contribution is -2.17. The van der Waals surface area contributed by atoms with Crippen molar-refractivity contribution in [2.75, 3.05) is 20.6 Å². The molecule has 0 heterocycles. The summed E-state index contributed by atoms with van der Waals surface area (Å²) in [5, 5.41) is 0.0877. The van der Waals surface area contributed by atoms with E-state index in [0.29, 0.717) is 0 Å². The van der Waals surface area contributed by atoms with Gasteiger partial charge in [0.1, 0.15) is 0 Å². The zero-order chi connectivity index (χ0) is 9.84. The maximum Gasteiger partial charge on any atom is 0.0712 e. The van der Waals surface area contributed by atoms with Gasteiger partial charge < -0.3 is 4.90 Å². The quantitative estimate of drug-likeness (QED) is 0.612. The first kappa shape index (κ1) is 11.3. The fourth-order valence-corrected chi connectivity index (χ4v) is 2.11. The molecule has 0 aliphatic heterocycles. The normalized spacial score (nSPS) is 13.3. The molecule has 0 saturated carbocycles. The summed E-state index contributed by atoms with van der Waals surface area (Å²) in [7, 11) is 4.06. The second kappa shape index (κ2) is 5.17. The van der Waals surface area contributed by atoms with Crippen molar-refractivity contribution in [1.82, 2.24) is 4.90 Å². The van der Waals surface area contributed by atoms with E-state index in [0.717, 1.165) is 6.54 Å². The Bertz CT molecular complexity index is 275. The van der Waals surface area contributed by atoms with Gasteiger partial charge in [-0.15, -0.1) is 11.6 Å². The van der Waals surface area contributed by atoms with Crippen molar-refractivity contribution in [1.29, 1.82) is 0 Å². The van der Waals surface area contributed by atoms with Crippen LogP contribution in [0.25, 0.3) is 0 Å². The molecule has 0 spiro atoms. The molecule has 1 atom stereocenters. The Morgan fingerprint density at radius 1 is 1.46 bits per heavy atom. The molecule has 0 radical (unpaired) electrons. The Labute approximate surface area is 98.2 Å². The number of hydrogen-bond acceptors (Lipinski definition) is 1. The van der Waals surface area contributed by atoms with Crippen LogP contribution in [0.5, 0.6) is 0 Å². The highest BCUT2D eigenvalue weighted by molar-refractivity contribution is 14.1. The topological polar surface area (TPSA) is 3.24 Å². The maximum absolute atomic E-state index is 6.23. The molecule has 3 heteroatoms. The molecule has 1 aromatic rings. The smallest absolute Gasteiger partial charge is 0.0712 e. The van der Waals surface area contributed by atoms with E-state index in [9.17, 15) is 0 Å². The third-order valence-electron chi connectivity index (χ3n) is 1.74. The predicted molar refractivity (Wildman–Crippen MR) is 66.3 cm³/mol. The van der Waals surface area contributed by atoms with Crippen molar-refractivity contribution in [3.05, 3.63) is 33.4 Å². The van der Waals surface area contributed by atoms with Gasteiger partial charge in [0.15, 0.2) is 0 Å². The molecule has 72 valence electrons. The summed E-state index contributed by atoms with van der Waals surface area (Å²) >= 11 is 8.53. The van der Waals surface area contributed by atoms with Crippen LogP contribution in [0.3, 0.4) is 0 Å². The van der Waals surface area contributed by atoms with Gasteiger partial charge in [-0.1, -0.05) is 12.1 Å². The highest BCUT2D eigenvalue weighted by atomic mass is 127. The van der Waals surface area contributed by atoms with Crippen molar-refractivity contribution >= 4 is 34.2 Å². The second-order valence-corrected chi connectivity index (χ2v) is 5.06. The molecule has 1 rings (SSSR count). The molecule has 1 aromatic carbocycles. The summed E-state index contributed by atoms with van der Waals surface area (Å²) in [6.45, 7) is 0.877. The van der Waals surface area contributed by atoms with Crippen LogP contribution in [0.4, 0.5) is 0 Å². The van der Waals surface area contributed by atoms with Gasteiger partial charge in [0.05, 0.1) is 5.38 Å². The van der Waals surface area contributed by atoms with Crippen molar-refractivity contribution in [2.45, 2.75) is 5.38 Å². The summed E-state index contributed by atoms with van der Waals surface area (Å²) < 4.78 is 1.24. The molecule has 0 aromatic heterocycles. The Morgan fingerprint density at radius 3 is 2.69 bits per heavy atom. The summed E-state index contributed by atoms with van der Waals surface area (Å²) in [5.41, 5.74) is 1.20. The van der Waals surface area contributed by atoms with E-state index in [1.165, 1.54) is 9.13 Å². The lowest BCUT2D eigenvalue weighted by molar-refractivity contribution is 0.408. The van der Waals surface area contributed by atoms with Crippen LogP contribution < -0.4 is 0 Å². The molecule has 13 heavy (non-hydrogen) atoms. The first-order valence-electron chi connectivity index (χ1n) is 4.14. The molecular weight excluding hydrogens is 296 g/mol. The van der Waals surface area contributed by atoms with E-state index in [1.54, 1.807) is 0 Å². The minimum atomic E-state index is 0.0877. The summed E-state index contributed by atoms with van der Waals surface area (Å²) in [6, 6.07) is 8.32. The number of nitrogens with zero attached hydrogens (tertiary/aromatic N) is 1. The van der Waals surface area contributed by atoms with Crippen molar-refractivity contribution < 1.29 is 0 Å². The molecule has 0 N–H and O–H groups in total. The predicted octanol–water partition coefficient (Wildman–Crippen LogP) is 3.13. The molecular formula is C10H13ClIN. The third kappa shape index (κ3) is 3.83. The van der Waals surface area contributed by atoms with Gasteiger partial charge in [-0.3, -0.25) is 0 Å². The van der Waals surface area contributed by atoms with Crippen LogP contribution in [-0.4, -0.2) is 25.5 Å². The molecule has 1 nitrogen and oxygen atoms in total. The van der Waals surface area contributed by atoms with Crippen LogP contribution in [0.2, 0.25) is 0 Å². The SMILES string of the molecule is CN(C)CC(Cl)c1cccc(I)c1. The largest absolute Gasteiger partial charge is 0.308 e. The van der Waals surface area contributed by atoms with Crippen molar-refractivity contribution in [3.8, 4) is 0 Å². The molecule has 0 aliphatic carbocycles. The Balaban J connectivity index is 2.71. The first-order valence-corrected chi connectivity index (χ1v) is 5.65. The van der Waals surface area contributed by atoms with Crippen LogP contribution in [0.1, 0.15) is 10.9 Å². The highest BCUT2D eigenvalue weighted by Crippen LogP contribution is 2.22. The minimum Gasteiger partial charge on any atom is -0.308 e. The zero-order valence-corrected chi connectivity index (χ0v) is 10.7. The highest BCUT2D eigenvalue weighted by Gasteiger charge is 2.08. The van der Waals surface area contributed by atoms with Crippen LogP contribution >= 0.6 is 34.2 Å². The molecule has 0 amide bonds. The molecule has 0 saturated heterocycles. The van der Waals surface area contributed by atoms with Gasteiger partial charge in [-0.2, -0.15) is 0 Å². The van der Waals surface area contributed by atoms with E-state index >= 15 is 0 Å². The maximum atomic E-state index is 6.23. The van der Waals surface area contributed by atoms with Gasteiger partial charge in [0.2, 0.25) is 0 Å². The molecule has 0 aliphatic rings. The molecule has 0 bridgehead atoms. The van der Waals surface area contributed by atoms with Crippen molar-refractivity contribution in [3.63, 3.8) is 0 Å². The molecule has 1 unspecified atom stereocenters. The Hall–Kier alpha value is 0.200. The van der Waals surface area contributed by atoms with Gasteiger partial charge in [-0.25, -0.2) is 0 Å². The Morgan fingerprint density at radius 2 is 2.15 bits per heavy atom. The van der Waals surface area contributed by atoms with Crippen LogP contribution in [0.15, 0.2) is 24.3 Å². The number of likely N-dealkylation sites (N-methyl/N-ethyl adjacent to an activating group) is 1. The van der Waals surface area contributed by atoms with E-state index in [2.05, 4.69) is 45.7 Å². The standard InChI is InChI=1S/C10H13ClIN/c1-13(2)7-10(11)8-4-3-5-9(12)6-8/h3-6,10H,7H2,1-2H3. The lowest BCUT2D eigenvalue weighted by atomic mass is 10.1. The van der Waals surface area contributed by atoms with E-state index in [-0.39, 0.29) is 5.38 Å². The van der Waals surface area contributed by atoms with E-state index in [4.69, 9.17) is 11.6 Å². The average Bonchev–Trinajstić information content (AvgIpc) is 2.03.